The first-order valence-corrected chi connectivity index (χ1v) is 10.5. The first-order valence-electron chi connectivity index (χ1n) is 8.76. The molecule has 0 spiro atoms. The van der Waals surface area contributed by atoms with E-state index in [4.69, 9.17) is 0 Å². The molecule has 130 valence electrons. The van der Waals surface area contributed by atoms with Crippen LogP contribution in [-0.4, -0.2) is 26.1 Å². The predicted molar refractivity (Wildman–Crippen MR) is 95.1 cm³/mol. The Morgan fingerprint density at radius 1 is 1.12 bits per heavy atom. The minimum absolute atomic E-state index is 0.0216. The summed E-state index contributed by atoms with van der Waals surface area (Å²) >= 11 is 0. The zero-order chi connectivity index (χ0) is 17.0. The van der Waals surface area contributed by atoms with Crippen molar-refractivity contribution in [1.29, 1.82) is 0 Å². The summed E-state index contributed by atoms with van der Waals surface area (Å²) in [5, 5.41) is 4.42. The van der Waals surface area contributed by atoms with Crippen molar-refractivity contribution in [2.24, 2.45) is 11.8 Å². The van der Waals surface area contributed by atoms with Crippen LogP contribution in [0.4, 0.5) is 0 Å². The van der Waals surface area contributed by atoms with E-state index in [2.05, 4.69) is 29.6 Å². The predicted octanol–water partition coefficient (Wildman–Crippen LogP) is 2.85. The molecule has 1 aromatic carbocycles. The Morgan fingerprint density at radius 3 is 2.58 bits per heavy atom. The molecule has 0 saturated heterocycles. The maximum atomic E-state index is 12.3. The summed E-state index contributed by atoms with van der Waals surface area (Å²) < 4.78 is 22.9. The number of hydrogen-bond donors (Lipinski definition) is 1. The van der Waals surface area contributed by atoms with Crippen molar-refractivity contribution in [3.63, 3.8) is 0 Å². The van der Waals surface area contributed by atoms with E-state index in [9.17, 15) is 13.2 Å². The minimum Gasteiger partial charge on any atom is -0.353 e. The second kappa shape index (κ2) is 7.51. The van der Waals surface area contributed by atoms with Crippen LogP contribution < -0.4 is 5.32 Å². The van der Waals surface area contributed by atoms with Gasteiger partial charge in [-0.1, -0.05) is 49.2 Å². The number of rotatable bonds is 5. The van der Waals surface area contributed by atoms with Gasteiger partial charge >= 0.3 is 0 Å². The van der Waals surface area contributed by atoms with Crippen LogP contribution in [0.3, 0.4) is 0 Å². The topological polar surface area (TPSA) is 63.2 Å². The Hall–Kier alpha value is -1.62. The smallest absolute Gasteiger partial charge is 0.220 e. The first-order chi connectivity index (χ1) is 11.5. The summed E-state index contributed by atoms with van der Waals surface area (Å²) in [6.45, 7) is 0. The third kappa shape index (κ3) is 4.69. The summed E-state index contributed by atoms with van der Waals surface area (Å²) in [5.41, 5.74) is 1.31. The van der Waals surface area contributed by atoms with Gasteiger partial charge in [-0.05, 0) is 30.7 Å². The zero-order valence-electron chi connectivity index (χ0n) is 13.9. The summed E-state index contributed by atoms with van der Waals surface area (Å²) in [7, 11) is -3.09. The molecule has 1 aliphatic carbocycles. The van der Waals surface area contributed by atoms with E-state index in [1.807, 2.05) is 6.07 Å². The van der Waals surface area contributed by atoms with Crippen LogP contribution in [0.25, 0.3) is 0 Å². The highest BCUT2D eigenvalue weighted by molar-refractivity contribution is 7.94. The Balaban J connectivity index is 1.55. The Bertz CT molecular complexity index is 697. The van der Waals surface area contributed by atoms with Gasteiger partial charge in [-0.25, -0.2) is 8.42 Å². The summed E-state index contributed by atoms with van der Waals surface area (Å²) in [6.07, 6.45) is 7.42. The second-order valence-corrected chi connectivity index (χ2v) is 8.96. The van der Waals surface area contributed by atoms with Gasteiger partial charge in [0.1, 0.15) is 0 Å². The molecular formula is C19H25NO3S. The SMILES string of the molecule is O=C(C[C@@H]1C=CS(=O)(=O)C1)N[C@@H]1CCCC[C@@H]1Cc1ccccc1. The summed E-state index contributed by atoms with van der Waals surface area (Å²) in [5.74, 6) is 0.337. The molecule has 1 fully saturated rings. The fourth-order valence-electron chi connectivity index (χ4n) is 3.83. The third-order valence-corrected chi connectivity index (χ3v) is 6.51. The highest BCUT2D eigenvalue weighted by Crippen LogP contribution is 2.28. The van der Waals surface area contributed by atoms with Crippen molar-refractivity contribution in [2.45, 2.75) is 44.6 Å². The molecule has 0 radical (unpaired) electrons. The molecule has 1 aromatic rings. The van der Waals surface area contributed by atoms with E-state index in [1.165, 1.54) is 17.4 Å². The lowest BCUT2D eigenvalue weighted by molar-refractivity contribution is -0.122. The van der Waals surface area contributed by atoms with Gasteiger partial charge in [0.05, 0.1) is 5.75 Å². The number of benzene rings is 1. The van der Waals surface area contributed by atoms with Gasteiger partial charge in [0.15, 0.2) is 9.84 Å². The van der Waals surface area contributed by atoms with Gasteiger partial charge in [0.25, 0.3) is 0 Å². The van der Waals surface area contributed by atoms with Gasteiger partial charge in [0, 0.05) is 23.8 Å². The Morgan fingerprint density at radius 2 is 1.88 bits per heavy atom. The molecule has 3 atom stereocenters. The molecule has 1 heterocycles. The molecule has 2 aliphatic rings. The van der Waals surface area contributed by atoms with Crippen LogP contribution in [0.1, 0.15) is 37.7 Å². The highest BCUT2D eigenvalue weighted by atomic mass is 32.2. The van der Waals surface area contributed by atoms with Crippen LogP contribution in [0.2, 0.25) is 0 Å². The van der Waals surface area contributed by atoms with Crippen molar-refractivity contribution in [3.8, 4) is 0 Å². The van der Waals surface area contributed by atoms with Crippen molar-refractivity contribution >= 4 is 15.7 Å². The molecule has 1 saturated carbocycles. The minimum atomic E-state index is -3.09. The van der Waals surface area contributed by atoms with Crippen LogP contribution >= 0.6 is 0 Å². The molecule has 1 N–H and O–H groups in total. The van der Waals surface area contributed by atoms with Gasteiger partial charge in [-0.15, -0.1) is 0 Å². The second-order valence-electron chi connectivity index (χ2n) is 7.03. The molecule has 0 bridgehead atoms. The van der Waals surface area contributed by atoms with Crippen molar-refractivity contribution in [3.05, 3.63) is 47.4 Å². The Kier molecular flexibility index (Phi) is 5.39. The van der Waals surface area contributed by atoms with Gasteiger partial charge in [0.2, 0.25) is 5.91 Å². The van der Waals surface area contributed by atoms with Crippen LogP contribution in [0.5, 0.6) is 0 Å². The highest BCUT2D eigenvalue weighted by Gasteiger charge is 2.29. The lowest BCUT2D eigenvalue weighted by Crippen LogP contribution is -2.43. The molecule has 1 aliphatic heterocycles. The standard InChI is InChI=1S/C19H25NO3S/c21-19(13-16-10-11-24(22,23)14-16)20-18-9-5-4-8-17(18)12-15-6-2-1-3-7-15/h1-3,6-7,10-11,16-18H,4-5,8-9,12-14H2,(H,20,21)/t16-,17+,18+/m0/s1. The summed E-state index contributed by atoms with van der Waals surface area (Å²) in [6, 6.07) is 10.6. The zero-order valence-corrected chi connectivity index (χ0v) is 14.7. The van der Waals surface area contributed by atoms with Crippen molar-refractivity contribution in [1.82, 2.24) is 5.32 Å². The van der Waals surface area contributed by atoms with Gasteiger partial charge in [-0.2, -0.15) is 0 Å². The molecule has 1 amide bonds. The number of nitrogens with one attached hydrogen (secondary N) is 1. The van der Waals surface area contributed by atoms with Gasteiger partial charge in [-0.3, -0.25) is 4.79 Å². The van der Waals surface area contributed by atoms with Gasteiger partial charge < -0.3 is 5.32 Å². The molecule has 24 heavy (non-hydrogen) atoms. The van der Waals surface area contributed by atoms with E-state index < -0.39 is 9.84 Å². The molecule has 3 rings (SSSR count). The van der Waals surface area contributed by atoms with Crippen LogP contribution in [0.15, 0.2) is 41.8 Å². The maximum absolute atomic E-state index is 12.3. The van der Waals surface area contributed by atoms with Crippen molar-refractivity contribution in [2.75, 3.05) is 5.75 Å². The first kappa shape index (κ1) is 17.2. The van der Waals surface area contributed by atoms with E-state index in [0.29, 0.717) is 5.92 Å². The van der Waals surface area contributed by atoms with E-state index in [-0.39, 0.29) is 30.0 Å². The molecule has 5 heteroatoms. The average molecular weight is 347 g/mol. The largest absolute Gasteiger partial charge is 0.353 e. The average Bonchev–Trinajstić information content (AvgIpc) is 2.89. The van der Waals surface area contributed by atoms with Crippen LogP contribution in [0, 0.1) is 11.8 Å². The van der Waals surface area contributed by atoms with Crippen molar-refractivity contribution < 1.29 is 13.2 Å². The van der Waals surface area contributed by atoms with Crippen LogP contribution in [-0.2, 0) is 21.1 Å². The monoisotopic (exact) mass is 347 g/mol. The Labute approximate surface area is 144 Å². The normalized spacial score (nSPS) is 28.6. The lowest BCUT2D eigenvalue weighted by atomic mass is 9.80. The number of hydrogen-bond acceptors (Lipinski definition) is 3. The fraction of sp³-hybridized carbons (Fsp3) is 0.526. The number of carbonyl (C=O) groups excluding carboxylic acids is 1. The molecule has 4 nitrogen and oxygen atoms in total. The fourth-order valence-corrected chi connectivity index (χ4v) is 5.23. The maximum Gasteiger partial charge on any atom is 0.220 e. The number of carbonyl (C=O) groups is 1. The number of sulfone groups is 1. The van der Waals surface area contributed by atoms with E-state index in [1.54, 1.807) is 6.08 Å². The molecule has 0 unspecified atom stereocenters. The third-order valence-electron chi connectivity index (χ3n) is 5.05. The molecular weight excluding hydrogens is 322 g/mol. The van der Waals surface area contributed by atoms with E-state index >= 15 is 0 Å². The lowest BCUT2D eigenvalue weighted by Gasteiger charge is -2.32. The number of amides is 1. The molecule has 0 aromatic heterocycles. The number of allylic oxidation sites excluding steroid dienone is 1. The van der Waals surface area contributed by atoms with E-state index in [0.717, 1.165) is 25.7 Å². The quantitative estimate of drug-likeness (QED) is 0.891. The summed E-state index contributed by atoms with van der Waals surface area (Å²) in [4.78, 5) is 12.3.